The van der Waals surface area contributed by atoms with E-state index in [0.29, 0.717) is 12.5 Å². The fourth-order valence-electron chi connectivity index (χ4n) is 1.61. The molecule has 1 N–H and O–H groups in total. The molecule has 0 aliphatic carbocycles. The van der Waals surface area contributed by atoms with Crippen molar-refractivity contribution in [1.82, 2.24) is 4.72 Å². The summed E-state index contributed by atoms with van der Waals surface area (Å²) >= 11 is 5.76. The maximum Gasteiger partial charge on any atom is 0.240 e. The van der Waals surface area contributed by atoms with Gasteiger partial charge in [0.2, 0.25) is 10.0 Å². The molecular weight excluding hydrogens is 274 g/mol. The zero-order valence-corrected chi connectivity index (χ0v) is 12.4. The quantitative estimate of drug-likeness (QED) is 0.644. The summed E-state index contributed by atoms with van der Waals surface area (Å²) in [6.07, 6.45) is 0. The number of nitrogens with one attached hydrogen (secondary N) is 1. The highest BCUT2D eigenvalue weighted by Crippen LogP contribution is 2.21. The lowest BCUT2D eigenvalue weighted by Gasteiger charge is -2.12. The Balaban J connectivity index is 3.11. The molecule has 0 radical (unpaired) electrons. The number of ether oxygens (including phenoxy) is 1. The van der Waals surface area contributed by atoms with E-state index in [1.165, 1.54) is 7.11 Å². The van der Waals surface area contributed by atoms with Crippen molar-refractivity contribution in [2.45, 2.75) is 24.6 Å². The standard InChI is InChI=1S/C12H18ClNO3S/c1-9-6-11(8-13)7-12(10(9)2)18(15,16)14-4-5-17-3/h6-7,14H,4-5,8H2,1-3H3. The minimum Gasteiger partial charge on any atom is -0.383 e. The number of rotatable bonds is 6. The molecule has 0 bridgehead atoms. The molecule has 4 nitrogen and oxygen atoms in total. The summed E-state index contributed by atoms with van der Waals surface area (Å²) in [6.45, 7) is 4.26. The molecule has 0 aliphatic heterocycles. The van der Waals surface area contributed by atoms with E-state index in [-0.39, 0.29) is 11.4 Å². The summed E-state index contributed by atoms with van der Waals surface area (Å²) in [5, 5.41) is 0. The summed E-state index contributed by atoms with van der Waals surface area (Å²) in [6, 6.07) is 3.51. The van der Waals surface area contributed by atoms with Crippen LogP contribution in [0.3, 0.4) is 0 Å². The van der Waals surface area contributed by atoms with Crippen LogP contribution in [-0.2, 0) is 20.6 Å². The smallest absolute Gasteiger partial charge is 0.240 e. The first-order valence-corrected chi connectivity index (χ1v) is 7.59. The third kappa shape index (κ3) is 3.68. The van der Waals surface area contributed by atoms with Gasteiger partial charge in [0, 0.05) is 19.5 Å². The third-order valence-corrected chi connectivity index (χ3v) is 4.62. The van der Waals surface area contributed by atoms with Crippen LogP contribution in [0.2, 0.25) is 0 Å². The highest BCUT2D eigenvalue weighted by atomic mass is 35.5. The Labute approximate surface area is 113 Å². The fourth-order valence-corrected chi connectivity index (χ4v) is 3.14. The minimum absolute atomic E-state index is 0.252. The Morgan fingerprint density at radius 2 is 2.00 bits per heavy atom. The molecule has 0 unspecified atom stereocenters. The first-order chi connectivity index (χ1) is 8.42. The second kappa shape index (κ2) is 6.52. The lowest BCUT2D eigenvalue weighted by Crippen LogP contribution is -2.28. The van der Waals surface area contributed by atoms with Crippen molar-refractivity contribution in [3.05, 3.63) is 28.8 Å². The van der Waals surface area contributed by atoms with Gasteiger partial charge in [-0.05, 0) is 36.6 Å². The maximum absolute atomic E-state index is 12.1. The second-order valence-electron chi connectivity index (χ2n) is 4.06. The Morgan fingerprint density at radius 3 is 2.56 bits per heavy atom. The number of aryl methyl sites for hydroxylation is 1. The van der Waals surface area contributed by atoms with Crippen LogP contribution in [0.15, 0.2) is 17.0 Å². The first-order valence-electron chi connectivity index (χ1n) is 5.57. The number of benzene rings is 1. The average molecular weight is 292 g/mol. The largest absolute Gasteiger partial charge is 0.383 e. The van der Waals surface area contributed by atoms with Crippen molar-refractivity contribution >= 4 is 21.6 Å². The molecule has 0 atom stereocenters. The highest BCUT2D eigenvalue weighted by Gasteiger charge is 2.18. The third-order valence-electron chi connectivity index (χ3n) is 2.72. The molecule has 102 valence electrons. The van der Waals surface area contributed by atoms with E-state index >= 15 is 0 Å². The lowest BCUT2D eigenvalue weighted by molar-refractivity contribution is 0.204. The monoisotopic (exact) mass is 291 g/mol. The Morgan fingerprint density at radius 1 is 1.33 bits per heavy atom. The number of hydrogen-bond acceptors (Lipinski definition) is 3. The van der Waals surface area contributed by atoms with E-state index in [0.717, 1.165) is 16.7 Å². The predicted molar refractivity (Wildman–Crippen MR) is 72.5 cm³/mol. The van der Waals surface area contributed by atoms with Crippen molar-refractivity contribution in [3.63, 3.8) is 0 Å². The van der Waals surface area contributed by atoms with E-state index in [1.54, 1.807) is 13.0 Å². The molecule has 0 aromatic heterocycles. The molecule has 1 rings (SSSR count). The van der Waals surface area contributed by atoms with Crippen molar-refractivity contribution in [1.29, 1.82) is 0 Å². The Hall–Kier alpha value is -0.620. The average Bonchev–Trinajstić information content (AvgIpc) is 2.32. The molecule has 0 spiro atoms. The molecule has 0 saturated carbocycles. The zero-order chi connectivity index (χ0) is 13.8. The van der Waals surface area contributed by atoms with Gasteiger partial charge in [-0.1, -0.05) is 6.07 Å². The first kappa shape index (κ1) is 15.4. The van der Waals surface area contributed by atoms with Gasteiger partial charge in [0.1, 0.15) is 0 Å². The van der Waals surface area contributed by atoms with Gasteiger partial charge in [0.05, 0.1) is 11.5 Å². The van der Waals surface area contributed by atoms with Crippen molar-refractivity contribution < 1.29 is 13.2 Å². The van der Waals surface area contributed by atoms with Gasteiger partial charge >= 0.3 is 0 Å². The highest BCUT2D eigenvalue weighted by molar-refractivity contribution is 7.89. The molecule has 0 fully saturated rings. The van der Waals surface area contributed by atoms with Crippen molar-refractivity contribution in [2.24, 2.45) is 0 Å². The van der Waals surface area contributed by atoms with Crippen LogP contribution in [0.5, 0.6) is 0 Å². The SMILES string of the molecule is COCCNS(=O)(=O)c1cc(CCl)cc(C)c1C. The second-order valence-corrected chi connectivity index (χ2v) is 6.06. The maximum atomic E-state index is 12.1. The van der Waals surface area contributed by atoms with Crippen LogP contribution in [-0.4, -0.2) is 28.7 Å². The number of halogens is 1. The normalized spacial score (nSPS) is 11.8. The number of alkyl halides is 1. The van der Waals surface area contributed by atoms with E-state index in [4.69, 9.17) is 16.3 Å². The molecule has 1 aromatic carbocycles. The van der Waals surface area contributed by atoms with Gasteiger partial charge in [-0.3, -0.25) is 0 Å². The van der Waals surface area contributed by atoms with E-state index in [9.17, 15) is 8.42 Å². The van der Waals surface area contributed by atoms with Crippen molar-refractivity contribution in [3.8, 4) is 0 Å². The summed E-state index contributed by atoms with van der Waals surface area (Å²) < 4.78 is 31.6. The lowest BCUT2D eigenvalue weighted by atomic mass is 10.1. The van der Waals surface area contributed by atoms with Crippen LogP contribution in [0.4, 0.5) is 0 Å². The molecule has 1 aromatic rings. The zero-order valence-electron chi connectivity index (χ0n) is 10.8. The number of methoxy groups -OCH3 is 1. The Bertz CT molecular complexity index is 514. The molecular formula is C12H18ClNO3S. The molecule has 0 aliphatic rings. The topological polar surface area (TPSA) is 55.4 Å². The molecule has 18 heavy (non-hydrogen) atoms. The van der Waals surface area contributed by atoms with E-state index in [2.05, 4.69) is 4.72 Å². The van der Waals surface area contributed by atoms with Crippen molar-refractivity contribution in [2.75, 3.05) is 20.3 Å². The van der Waals surface area contributed by atoms with Gasteiger partial charge in [-0.2, -0.15) is 0 Å². The van der Waals surface area contributed by atoms with Crippen LogP contribution in [0.1, 0.15) is 16.7 Å². The summed E-state index contributed by atoms with van der Waals surface area (Å²) in [5.74, 6) is 0.293. The van der Waals surface area contributed by atoms with Crippen LogP contribution < -0.4 is 4.72 Å². The molecule has 0 amide bonds. The van der Waals surface area contributed by atoms with Gasteiger partial charge in [-0.25, -0.2) is 13.1 Å². The van der Waals surface area contributed by atoms with Gasteiger partial charge in [0.25, 0.3) is 0 Å². The van der Waals surface area contributed by atoms with Gasteiger partial charge in [-0.15, -0.1) is 11.6 Å². The predicted octanol–water partition coefficient (Wildman–Crippen LogP) is 1.97. The van der Waals surface area contributed by atoms with Crippen LogP contribution >= 0.6 is 11.6 Å². The number of hydrogen-bond donors (Lipinski definition) is 1. The summed E-state index contributed by atoms with van der Waals surface area (Å²) in [5.41, 5.74) is 2.46. The van der Waals surface area contributed by atoms with E-state index < -0.39 is 10.0 Å². The Kier molecular flexibility index (Phi) is 5.59. The van der Waals surface area contributed by atoms with Gasteiger partial charge < -0.3 is 4.74 Å². The molecule has 6 heteroatoms. The summed E-state index contributed by atoms with van der Waals surface area (Å²) in [7, 11) is -1.98. The van der Waals surface area contributed by atoms with Gasteiger partial charge in [0.15, 0.2) is 0 Å². The minimum atomic E-state index is -3.51. The molecule has 0 heterocycles. The van der Waals surface area contributed by atoms with E-state index in [1.807, 2.05) is 13.0 Å². The molecule has 0 saturated heterocycles. The number of sulfonamides is 1. The van der Waals surface area contributed by atoms with Crippen LogP contribution in [0, 0.1) is 13.8 Å². The summed E-state index contributed by atoms with van der Waals surface area (Å²) in [4.78, 5) is 0.286. The fraction of sp³-hybridized carbons (Fsp3) is 0.500. The van der Waals surface area contributed by atoms with Crippen LogP contribution in [0.25, 0.3) is 0 Å².